The fourth-order valence-electron chi connectivity index (χ4n) is 3.02. The third kappa shape index (κ3) is 5.13. The van der Waals surface area contributed by atoms with Gasteiger partial charge in [0.1, 0.15) is 23.2 Å². The molecular formula is C19H20F4N4O4. The number of carbonyl (C=O) groups is 1. The van der Waals surface area contributed by atoms with Gasteiger partial charge in [0, 0.05) is 24.4 Å². The summed E-state index contributed by atoms with van der Waals surface area (Å²) in [6, 6.07) is 2.49. The van der Waals surface area contributed by atoms with Crippen LogP contribution in [0.3, 0.4) is 0 Å². The smallest absolute Gasteiger partial charge is 0.423 e. The van der Waals surface area contributed by atoms with E-state index in [0.29, 0.717) is 19.2 Å². The molecule has 0 spiro atoms. The van der Waals surface area contributed by atoms with Crippen molar-refractivity contribution >= 4 is 18.0 Å². The van der Waals surface area contributed by atoms with E-state index in [4.69, 9.17) is 14.2 Å². The minimum Gasteiger partial charge on any atom is -0.495 e. The lowest BCUT2D eigenvalue weighted by molar-refractivity contribution is -0.139. The number of anilines is 2. The second-order valence-corrected chi connectivity index (χ2v) is 6.50. The van der Waals surface area contributed by atoms with Gasteiger partial charge in [0.25, 0.3) is 0 Å². The van der Waals surface area contributed by atoms with E-state index in [1.807, 2.05) is 0 Å². The Labute approximate surface area is 175 Å². The molecule has 31 heavy (non-hydrogen) atoms. The fraction of sp³-hybridized carbons (Fsp3) is 0.421. The number of carbonyl (C=O) groups excluding carboxylic acids is 1. The van der Waals surface area contributed by atoms with Gasteiger partial charge >= 0.3 is 6.18 Å². The maximum absolute atomic E-state index is 14.8. The number of amides is 1. The lowest BCUT2D eigenvalue weighted by atomic mass is 10.1. The van der Waals surface area contributed by atoms with Gasteiger partial charge in [-0.2, -0.15) is 18.2 Å². The molecule has 1 amide bonds. The molecule has 3 rings (SSSR count). The Bertz CT molecular complexity index is 942. The SMILES string of the molecule is CCOc1nc(Nc2cc(F)c(C3CN(C=O)CCO3)cc2OC)ncc1C(F)(F)F. The maximum Gasteiger partial charge on any atom is 0.423 e. The van der Waals surface area contributed by atoms with Crippen molar-refractivity contribution in [3.05, 3.63) is 35.3 Å². The fourth-order valence-corrected chi connectivity index (χ4v) is 3.02. The summed E-state index contributed by atoms with van der Waals surface area (Å²) in [5.41, 5.74) is -0.853. The number of nitrogens with zero attached hydrogens (tertiary/aromatic N) is 3. The van der Waals surface area contributed by atoms with E-state index in [1.165, 1.54) is 25.0 Å². The number of hydrogen-bond acceptors (Lipinski definition) is 7. The molecule has 1 aliphatic rings. The number of hydrogen-bond donors (Lipinski definition) is 1. The molecule has 1 N–H and O–H groups in total. The number of methoxy groups -OCH3 is 1. The lowest BCUT2D eigenvalue weighted by Gasteiger charge is -2.31. The minimum absolute atomic E-state index is 0.0363. The van der Waals surface area contributed by atoms with Crippen molar-refractivity contribution in [1.82, 2.24) is 14.9 Å². The topological polar surface area (TPSA) is 85.8 Å². The van der Waals surface area contributed by atoms with Gasteiger partial charge in [-0.05, 0) is 13.0 Å². The Kier molecular flexibility index (Phi) is 6.78. The van der Waals surface area contributed by atoms with Crippen molar-refractivity contribution in [3.8, 4) is 11.6 Å². The third-order valence-corrected chi connectivity index (χ3v) is 4.50. The Balaban J connectivity index is 1.90. The molecule has 1 aromatic heterocycles. The molecular weight excluding hydrogens is 424 g/mol. The van der Waals surface area contributed by atoms with Crippen LogP contribution in [0.4, 0.5) is 29.2 Å². The zero-order valence-corrected chi connectivity index (χ0v) is 16.7. The first kappa shape index (κ1) is 22.5. The van der Waals surface area contributed by atoms with E-state index in [9.17, 15) is 22.4 Å². The van der Waals surface area contributed by atoms with Crippen LogP contribution >= 0.6 is 0 Å². The van der Waals surface area contributed by atoms with Gasteiger partial charge in [-0.1, -0.05) is 0 Å². The van der Waals surface area contributed by atoms with Crippen molar-refractivity contribution in [2.45, 2.75) is 19.2 Å². The van der Waals surface area contributed by atoms with E-state index < -0.39 is 29.5 Å². The maximum atomic E-state index is 14.8. The van der Waals surface area contributed by atoms with Crippen LogP contribution in [-0.4, -0.2) is 54.7 Å². The molecule has 0 bridgehead atoms. The first-order valence-electron chi connectivity index (χ1n) is 9.29. The molecule has 0 saturated carbocycles. The molecule has 1 aliphatic heterocycles. The molecule has 2 heterocycles. The Morgan fingerprint density at radius 1 is 1.39 bits per heavy atom. The monoisotopic (exact) mass is 444 g/mol. The van der Waals surface area contributed by atoms with E-state index in [-0.39, 0.29) is 42.7 Å². The molecule has 1 aromatic carbocycles. The highest BCUT2D eigenvalue weighted by Gasteiger charge is 2.36. The van der Waals surface area contributed by atoms with Gasteiger partial charge in [0.05, 0.1) is 32.6 Å². The third-order valence-electron chi connectivity index (χ3n) is 4.50. The predicted molar refractivity (Wildman–Crippen MR) is 101 cm³/mol. The molecule has 0 aliphatic carbocycles. The quantitative estimate of drug-likeness (QED) is 0.518. The number of morpholine rings is 1. The van der Waals surface area contributed by atoms with Crippen molar-refractivity contribution in [1.29, 1.82) is 0 Å². The van der Waals surface area contributed by atoms with Gasteiger partial charge < -0.3 is 24.4 Å². The number of nitrogens with one attached hydrogen (secondary N) is 1. The van der Waals surface area contributed by atoms with Crippen LogP contribution in [0.25, 0.3) is 0 Å². The Hall–Kier alpha value is -3.15. The van der Waals surface area contributed by atoms with Gasteiger partial charge in [-0.25, -0.2) is 9.37 Å². The largest absolute Gasteiger partial charge is 0.495 e. The number of halogens is 4. The molecule has 1 atom stereocenters. The molecule has 168 valence electrons. The predicted octanol–water partition coefficient (Wildman–Crippen LogP) is 3.32. The number of ether oxygens (including phenoxy) is 3. The highest BCUT2D eigenvalue weighted by atomic mass is 19.4. The highest BCUT2D eigenvalue weighted by molar-refractivity contribution is 5.64. The summed E-state index contributed by atoms with van der Waals surface area (Å²) >= 11 is 0. The summed E-state index contributed by atoms with van der Waals surface area (Å²) in [5.74, 6) is -1.35. The Morgan fingerprint density at radius 2 is 2.16 bits per heavy atom. The lowest BCUT2D eigenvalue weighted by Crippen LogP contribution is -2.37. The van der Waals surface area contributed by atoms with Crippen molar-refractivity contribution in [2.24, 2.45) is 0 Å². The summed E-state index contributed by atoms with van der Waals surface area (Å²) in [5, 5.41) is 2.65. The average Bonchev–Trinajstić information content (AvgIpc) is 2.73. The van der Waals surface area contributed by atoms with Crippen LogP contribution in [0.2, 0.25) is 0 Å². The molecule has 2 aromatic rings. The molecule has 12 heteroatoms. The summed E-state index contributed by atoms with van der Waals surface area (Å²) in [7, 11) is 1.35. The van der Waals surface area contributed by atoms with Gasteiger partial charge in [-0.3, -0.25) is 4.79 Å². The molecule has 8 nitrogen and oxygen atoms in total. The normalized spacial score (nSPS) is 16.7. The summed E-state index contributed by atoms with van der Waals surface area (Å²) < 4.78 is 69.9. The van der Waals surface area contributed by atoms with Crippen LogP contribution in [0, 0.1) is 5.82 Å². The summed E-state index contributed by atoms with van der Waals surface area (Å²) in [6.45, 7) is 2.32. The first-order valence-corrected chi connectivity index (χ1v) is 9.29. The minimum atomic E-state index is -4.69. The molecule has 1 fully saturated rings. The highest BCUT2D eigenvalue weighted by Crippen LogP contribution is 2.37. The molecule has 1 unspecified atom stereocenters. The second kappa shape index (κ2) is 9.33. The molecule has 1 saturated heterocycles. The van der Waals surface area contributed by atoms with E-state index in [1.54, 1.807) is 0 Å². The van der Waals surface area contributed by atoms with Crippen LogP contribution in [0.1, 0.15) is 24.2 Å². The number of alkyl halides is 3. The number of aromatic nitrogens is 2. The van der Waals surface area contributed by atoms with Crippen molar-refractivity contribution in [3.63, 3.8) is 0 Å². The van der Waals surface area contributed by atoms with E-state index in [2.05, 4.69) is 15.3 Å². The molecule has 0 radical (unpaired) electrons. The second-order valence-electron chi connectivity index (χ2n) is 6.50. The van der Waals surface area contributed by atoms with Gasteiger partial charge in [-0.15, -0.1) is 0 Å². The Morgan fingerprint density at radius 3 is 2.81 bits per heavy atom. The number of benzene rings is 1. The van der Waals surface area contributed by atoms with Crippen LogP contribution in [0.15, 0.2) is 18.3 Å². The van der Waals surface area contributed by atoms with Gasteiger partial charge in [0.15, 0.2) is 0 Å². The van der Waals surface area contributed by atoms with E-state index >= 15 is 0 Å². The number of rotatable bonds is 7. The van der Waals surface area contributed by atoms with Gasteiger partial charge in [0.2, 0.25) is 18.2 Å². The standard InChI is InChI=1S/C19H20F4N4O4/c1-3-30-17-12(19(21,22)23)8-24-18(26-17)25-14-7-13(20)11(6-15(14)29-2)16-9-27(10-28)4-5-31-16/h6-8,10,16H,3-5,9H2,1-2H3,(H,24,25,26). The summed E-state index contributed by atoms with van der Waals surface area (Å²) in [4.78, 5) is 19.9. The van der Waals surface area contributed by atoms with E-state index in [0.717, 1.165) is 6.07 Å². The average molecular weight is 444 g/mol. The van der Waals surface area contributed by atoms with Crippen molar-refractivity contribution < 1.29 is 36.6 Å². The van der Waals surface area contributed by atoms with Crippen LogP contribution in [0.5, 0.6) is 11.6 Å². The zero-order chi connectivity index (χ0) is 22.6. The van der Waals surface area contributed by atoms with Crippen molar-refractivity contribution in [2.75, 3.05) is 38.7 Å². The summed E-state index contributed by atoms with van der Waals surface area (Å²) in [6.07, 6.45) is -4.13. The van der Waals surface area contributed by atoms with Crippen LogP contribution < -0.4 is 14.8 Å². The van der Waals surface area contributed by atoms with Crippen LogP contribution in [-0.2, 0) is 15.7 Å². The zero-order valence-electron chi connectivity index (χ0n) is 16.7. The first-order chi connectivity index (χ1) is 14.8.